The van der Waals surface area contributed by atoms with Crippen molar-refractivity contribution in [2.45, 2.75) is 6.92 Å². The van der Waals surface area contributed by atoms with Crippen LogP contribution in [0.2, 0.25) is 0 Å². The number of hydrogen-bond acceptors (Lipinski definition) is 4. The van der Waals surface area contributed by atoms with Crippen LogP contribution in [-0.2, 0) is 4.79 Å². The number of ether oxygens (including phenoxy) is 2. The molecule has 0 radical (unpaired) electrons. The molecule has 5 nitrogen and oxygen atoms in total. The molecule has 0 fully saturated rings. The fourth-order valence-electron chi connectivity index (χ4n) is 3.56. The topological polar surface area (TPSA) is 68.7 Å². The molecule has 5 heteroatoms. The van der Waals surface area contributed by atoms with Crippen LogP contribution in [0.3, 0.4) is 0 Å². The Labute approximate surface area is 210 Å². The maximum Gasteiger partial charge on any atom is 0.341 e. The number of aromatic nitrogens is 1. The van der Waals surface area contributed by atoms with E-state index in [1.54, 1.807) is 18.3 Å². The summed E-state index contributed by atoms with van der Waals surface area (Å²) in [7, 11) is 0. The normalized spacial score (nSPS) is 10.8. The Balaban J connectivity index is 1.50. The van der Waals surface area contributed by atoms with Gasteiger partial charge in [-0.2, -0.15) is 0 Å². The molecule has 0 aliphatic rings. The molecule has 1 N–H and O–H groups in total. The van der Waals surface area contributed by atoms with Crippen LogP contribution in [0.15, 0.2) is 103 Å². The van der Waals surface area contributed by atoms with Crippen molar-refractivity contribution in [1.29, 1.82) is 0 Å². The van der Waals surface area contributed by atoms with Gasteiger partial charge >= 0.3 is 5.97 Å². The number of rotatable bonds is 8. The number of aryl methyl sites for hydroxylation is 1. The van der Waals surface area contributed by atoms with Gasteiger partial charge in [-0.25, -0.2) is 9.78 Å². The second kappa shape index (κ2) is 12.0. The molecule has 0 aliphatic carbocycles. The minimum absolute atomic E-state index is 0.361. The summed E-state index contributed by atoms with van der Waals surface area (Å²) >= 11 is 0. The Morgan fingerprint density at radius 3 is 2.33 bits per heavy atom. The molecule has 178 valence electrons. The number of aliphatic carboxylic acids is 1. The van der Waals surface area contributed by atoms with E-state index in [1.165, 1.54) is 0 Å². The van der Waals surface area contributed by atoms with E-state index >= 15 is 0 Å². The summed E-state index contributed by atoms with van der Waals surface area (Å²) in [6.07, 6.45) is 3.78. The molecule has 0 atom stereocenters. The first-order valence-electron chi connectivity index (χ1n) is 11.5. The molecule has 1 heterocycles. The molecule has 36 heavy (non-hydrogen) atoms. The van der Waals surface area contributed by atoms with Crippen LogP contribution < -0.4 is 9.47 Å². The molecule has 4 rings (SSSR count). The standard InChI is InChI=1S/C31H25NO4/c1-23-21-28(16-17-30(23)36-22-31(33)34)35-20-18-29(25-7-3-2-4-8-25)26-13-10-24(11-14-26)12-15-27-9-5-6-19-32-27/h2-11,13-14,16-19,21H,20,22H2,1H3,(H,33,34)/b29-18+. The molecular formula is C31H25NO4. The Kier molecular flexibility index (Phi) is 8.14. The van der Waals surface area contributed by atoms with Gasteiger partial charge < -0.3 is 14.6 Å². The molecule has 0 bridgehead atoms. The SMILES string of the molecule is Cc1cc(OC/C=C(\c2ccccc2)c2ccc(C#Cc3ccccn3)cc2)ccc1OCC(=O)O. The van der Waals surface area contributed by atoms with Crippen molar-refractivity contribution in [1.82, 2.24) is 4.98 Å². The highest BCUT2D eigenvalue weighted by atomic mass is 16.5. The summed E-state index contributed by atoms with van der Waals surface area (Å²) in [5, 5.41) is 8.80. The predicted molar refractivity (Wildman–Crippen MR) is 140 cm³/mol. The van der Waals surface area contributed by atoms with Crippen molar-refractivity contribution < 1.29 is 19.4 Å². The number of carboxylic acids is 1. The van der Waals surface area contributed by atoms with E-state index in [-0.39, 0.29) is 6.61 Å². The van der Waals surface area contributed by atoms with Gasteiger partial charge in [0, 0.05) is 11.8 Å². The monoisotopic (exact) mass is 475 g/mol. The van der Waals surface area contributed by atoms with E-state index in [1.807, 2.05) is 67.6 Å². The minimum atomic E-state index is -1.01. The lowest BCUT2D eigenvalue weighted by atomic mass is 9.97. The Bertz CT molecular complexity index is 1400. The van der Waals surface area contributed by atoms with E-state index < -0.39 is 5.97 Å². The van der Waals surface area contributed by atoms with Crippen molar-refractivity contribution in [3.8, 4) is 23.3 Å². The van der Waals surface area contributed by atoms with E-state index in [2.05, 4.69) is 41.1 Å². The second-order valence-corrected chi connectivity index (χ2v) is 7.95. The van der Waals surface area contributed by atoms with E-state index in [4.69, 9.17) is 14.6 Å². The highest BCUT2D eigenvalue weighted by Gasteiger charge is 2.07. The van der Waals surface area contributed by atoms with Crippen LogP contribution in [0.25, 0.3) is 5.57 Å². The summed E-state index contributed by atoms with van der Waals surface area (Å²) < 4.78 is 11.3. The third-order valence-corrected chi connectivity index (χ3v) is 5.32. The number of carbonyl (C=O) groups is 1. The first-order chi connectivity index (χ1) is 17.6. The Hall–Kier alpha value is -4.82. The van der Waals surface area contributed by atoms with Crippen molar-refractivity contribution in [2.75, 3.05) is 13.2 Å². The summed E-state index contributed by atoms with van der Waals surface area (Å²) in [6.45, 7) is 1.84. The van der Waals surface area contributed by atoms with Gasteiger partial charge in [-0.15, -0.1) is 0 Å². The van der Waals surface area contributed by atoms with E-state index in [0.29, 0.717) is 18.1 Å². The average molecular weight is 476 g/mol. The molecule has 0 aliphatic heterocycles. The van der Waals surface area contributed by atoms with Gasteiger partial charge in [0.15, 0.2) is 6.61 Å². The predicted octanol–water partition coefficient (Wildman–Crippen LogP) is 5.76. The Morgan fingerprint density at radius 2 is 1.64 bits per heavy atom. The van der Waals surface area contributed by atoms with E-state index in [0.717, 1.165) is 33.5 Å². The zero-order valence-electron chi connectivity index (χ0n) is 19.8. The molecule has 0 spiro atoms. The van der Waals surface area contributed by atoms with Crippen LogP contribution in [0.1, 0.15) is 27.9 Å². The maximum absolute atomic E-state index is 10.7. The number of nitrogens with zero attached hydrogens (tertiary/aromatic N) is 1. The van der Waals surface area contributed by atoms with Crippen LogP contribution in [0.5, 0.6) is 11.5 Å². The molecule has 4 aromatic rings. The molecule has 0 saturated heterocycles. The highest BCUT2D eigenvalue weighted by molar-refractivity contribution is 5.80. The molecule has 1 aromatic heterocycles. The lowest BCUT2D eigenvalue weighted by Crippen LogP contribution is -2.10. The number of benzene rings is 3. The van der Waals surface area contributed by atoms with Gasteiger partial charge in [0.25, 0.3) is 0 Å². The van der Waals surface area contributed by atoms with Gasteiger partial charge in [0.2, 0.25) is 0 Å². The summed E-state index contributed by atoms with van der Waals surface area (Å²) in [5.74, 6) is 6.43. The van der Waals surface area contributed by atoms with Gasteiger partial charge in [-0.05, 0) is 83.6 Å². The number of hydrogen-bond donors (Lipinski definition) is 1. The fraction of sp³-hybridized carbons (Fsp3) is 0.0968. The Morgan fingerprint density at radius 1 is 0.889 bits per heavy atom. The van der Waals surface area contributed by atoms with Gasteiger partial charge in [-0.1, -0.05) is 54.5 Å². The van der Waals surface area contributed by atoms with Crippen LogP contribution in [0, 0.1) is 18.8 Å². The van der Waals surface area contributed by atoms with Crippen LogP contribution in [0.4, 0.5) is 0 Å². The second-order valence-electron chi connectivity index (χ2n) is 7.95. The van der Waals surface area contributed by atoms with Crippen LogP contribution in [-0.4, -0.2) is 29.3 Å². The lowest BCUT2D eigenvalue weighted by Gasteiger charge is -2.12. The third kappa shape index (κ3) is 6.85. The summed E-state index contributed by atoms with van der Waals surface area (Å²) in [5.41, 5.74) is 5.65. The fourth-order valence-corrected chi connectivity index (χ4v) is 3.56. The molecular weight excluding hydrogens is 450 g/mol. The number of carboxylic acid groups (broad SMARTS) is 1. The number of pyridine rings is 1. The zero-order valence-corrected chi connectivity index (χ0v) is 19.8. The van der Waals surface area contributed by atoms with Crippen molar-refractivity contribution in [3.05, 3.63) is 131 Å². The largest absolute Gasteiger partial charge is 0.489 e. The minimum Gasteiger partial charge on any atom is -0.489 e. The quantitative estimate of drug-likeness (QED) is 0.328. The summed E-state index contributed by atoms with van der Waals surface area (Å²) in [4.78, 5) is 15.0. The first kappa shape index (κ1) is 24.3. The summed E-state index contributed by atoms with van der Waals surface area (Å²) in [6, 6.07) is 29.3. The lowest BCUT2D eigenvalue weighted by molar-refractivity contribution is -0.139. The maximum atomic E-state index is 10.7. The van der Waals surface area contributed by atoms with Gasteiger partial charge in [0.1, 0.15) is 23.8 Å². The molecule has 0 amide bonds. The smallest absolute Gasteiger partial charge is 0.341 e. The first-order valence-corrected chi connectivity index (χ1v) is 11.5. The zero-order chi connectivity index (χ0) is 25.2. The van der Waals surface area contributed by atoms with Crippen LogP contribution >= 0.6 is 0 Å². The van der Waals surface area contributed by atoms with Crippen molar-refractivity contribution in [2.24, 2.45) is 0 Å². The van der Waals surface area contributed by atoms with Gasteiger partial charge in [0.05, 0.1) is 0 Å². The average Bonchev–Trinajstić information content (AvgIpc) is 2.91. The van der Waals surface area contributed by atoms with Gasteiger partial charge in [-0.3, -0.25) is 0 Å². The molecule has 3 aromatic carbocycles. The third-order valence-electron chi connectivity index (χ3n) is 5.32. The van der Waals surface area contributed by atoms with E-state index in [9.17, 15) is 4.79 Å². The van der Waals surface area contributed by atoms with Crippen molar-refractivity contribution >= 4 is 11.5 Å². The molecule has 0 unspecified atom stereocenters. The molecule has 0 saturated carbocycles. The highest BCUT2D eigenvalue weighted by Crippen LogP contribution is 2.26. The van der Waals surface area contributed by atoms with Crippen molar-refractivity contribution in [3.63, 3.8) is 0 Å².